The zero-order valence-electron chi connectivity index (χ0n) is 12.1. The molecule has 19 heavy (non-hydrogen) atoms. The highest BCUT2D eigenvalue weighted by Crippen LogP contribution is 2.12. The lowest BCUT2D eigenvalue weighted by Gasteiger charge is -2.21. The first-order valence-electron chi connectivity index (χ1n) is 6.69. The summed E-state index contributed by atoms with van der Waals surface area (Å²) in [6.45, 7) is 5.56. The van der Waals surface area contributed by atoms with Gasteiger partial charge in [0.15, 0.2) is 0 Å². The quantitative estimate of drug-likeness (QED) is 0.817. The van der Waals surface area contributed by atoms with Gasteiger partial charge in [-0.05, 0) is 37.6 Å². The van der Waals surface area contributed by atoms with Gasteiger partial charge in [-0.2, -0.15) is 0 Å². The minimum absolute atomic E-state index is 0.0195. The molecule has 1 rings (SSSR count). The molecule has 0 fully saturated rings. The van der Waals surface area contributed by atoms with Gasteiger partial charge in [-0.15, -0.1) is 0 Å². The molecule has 0 aliphatic heterocycles. The topological polar surface area (TPSA) is 55.6 Å². The fraction of sp³-hybridized carbons (Fsp3) is 0.533. The molecule has 0 aromatic heterocycles. The lowest BCUT2D eigenvalue weighted by molar-refractivity contribution is -0.134. The minimum atomic E-state index is -0.0195. The monoisotopic (exact) mass is 264 g/mol. The number of amides is 1. The highest BCUT2D eigenvalue weighted by atomic mass is 16.5. The number of carbonyl (C=O) groups is 1. The molecule has 106 valence electrons. The first-order valence-corrected chi connectivity index (χ1v) is 6.69. The van der Waals surface area contributed by atoms with Gasteiger partial charge in [0.2, 0.25) is 5.91 Å². The van der Waals surface area contributed by atoms with Crippen molar-refractivity contribution < 1.29 is 9.53 Å². The molecule has 0 bridgehead atoms. The van der Waals surface area contributed by atoms with Gasteiger partial charge in [0.1, 0.15) is 12.4 Å². The van der Waals surface area contributed by atoms with Crippen LogP contribution < -0.4 is 10.5 Å². The van der Waals surface area contributed by atoms with E-state index in [1.807, 2.05) is 38.1 Å². The van der Waals surface area contributed by atoms with Gasteiger partial charge in [0.05, 0.1) is 6.54 Å². The predicted molar refractivity (Wildman–Crippen MR) is 77.1 cm³/mol. The SMILES string of the molecule is Cc1cccc(OCCN(C)C(=O)C(C)CCN)c1. The second-order valence-electron chi connectivity index (χ2n) is 4.90. The van der Waals surface area contributed by atoms with Crippen LogP contribution in [0.2, 0.25) is 0 Å². The Bertz CT molecular complexity index is 407. The molecule has 0 saturated carbocycles. The van der Waals surface area contributed by atoms with Crippen LogP contribution in [-0.2, 0) is 4.79 Å². The van der Waals surface area contributed by atoms with Crippen molar-refractivity contribution in [1.29, 1.82) is 0 Å². The lowest BCUT2D eigenvalue weighted by atomic mass is 10.1. The van der Waals surface area contributed by atoms with Crippen molar-refractivity contribution in [1.82, 2.24) is 4.90 Å². The average Bonchev–Trinajstić information content (AvgIpc) is 2.38. The maximum Gasteiger partial charge on any atom is 0.225 e. The molecule has 0 aliphatic carbocycles. The Hall–Kier alpha value is -1.55. The van der Waals surface area contributed by atoms with Crippen molar-refractivity contribution in [2.45, 2.75) is 20.3 Å². The van der Waals surface area contributed by atoms with E-state index >= 15 is 0 Å². The van der Waals surface area contributed by atoms with Crippen LogP contribution in [0, 0.1) is 12.8 Å². The maximum atomic E-state index is 11.9. The summed E-state index contributed by atoms with van der Waals surface area (Å²) in [5.74, 6) is 0.947. The largest absolute Gasteiger partial charge is 0.492 e. The Labute approximate surface area is 115 Å². The Morgan fingerprint density at radius 3 is 2.84 bits per heavy atom. The molecule has 1 unspecified atom stereocenters. The number of carbonyl (C=O) groups excluding carboxylic acids is 1. The van der Waals surface area contributed by atoms with Gasteiger partial charge in [-0.25, -0.2) is 0 Å². The molecule has 0 saturated heterocycles. The van der Waals surface area contributed by atoms with Crippen LogP contribution in [-0.4, -0.2) is 37.6 Å². The zero-order valence-corrected chi connectivity index (χ0v) is 12.1. The Kier molecular flexibility index (Phi) is 6.36. The minimum Gasteiger partial charge on any atom is -0.492 e. The highest BCUT2D eigenvalue weighted by molar-refractivity contribution is 5.78. The third kappa shape index (κ3) is 5.30. The Balaban J connectivity index is 2.34. The van der Waals surface area contributed by atoms with E-state index in [9.17, 15) is 4.79 Å². The van der Waals surface area contributed by atoms with Crippen molar-refractivity contribution in [3.8, 4) is 5.75 Å². The summed E-state index contributed by atoms with van der Waals surface area (Å²) in [5.41, 5.74) is 6.63. The summed E-state index contributed by atoms with van der Waals surface area (Å²) >= 11 is 0. The van der Waals surface area contributed by atoms with Crippen molar-refractivity contribution in [2.24, 2.45) is 11.7 Å². The van der Waals surface area contributed by atoms with Crippen LogP contribution in [0.3, 0.4) is 0 Å². The van der Waals surface area contributed by atoms with Crippen molar-refractivity contribution in [3.63, 3.8) is 0 Å². The van der Waals surface area contributed by atoms with Crippen LogP contribution in [0.15, 0.2) is 24.3 Å². The second-order valence-corrected chi connectivity index (χ2v) is 4.90. The Morgan fingerprint density at radius 1 is 1.47 bits per heavy atom. The molecule has 0 radical (unpaired) electrons. The summed E-state index contributed by atoms with van der Waals surface area (Å²) < 4.78 is 5.63. The number of likely N-dealkylation sites (N-methyl/N-ethyl adjacent to an activating group) is 1. The summed E-state index contributed by atoms with van der Waals surface area (Å²) in [4.78, 5) is 13.6. The number of hydrogen-bond acceptors (Lipinski definition) is 3. The van der Waals surface area contributed by atoms with Gasteiger partial charge >= 0.3 is 0 Å². The predicted octanol–water partition coefficient (Wildman–Crippen LogP) is 1.82. The van der Waals surface area contributed by atoms with E-state index in [1.54, 1.807) is 11.9 Å². The van der Waals surface area contributed by atoms with Crippen molar-refractivity contribution in [2.75, 3.05) is 26.7 Å². The van der Waals surface area contributed by atoms with Gasteiger partial charge in [0, 0.05) is 13.0 Å². The summed E-state index contributed by atoms with van der Waals surface area (Å²) in [5, 5.41) is 0. The van der Waals surface area contributed by atoms with Crippen molar-refractivity contribution in [3.05, 3.63) is 29.8 Å². The standard InChI is InChI=1S/C15H24N2O2/c1-12-5-4-6-14(11-12)19-10-9-17(3)15(18)13(2)7-8-16/h4-6,11,13H,7-10,16H2,1-3H3. The van der Waals surface area contributed by atoms with Gasteiger partial charge in [-0.1, -0.05) is 19.1 Å². The molecule has 4 heteroatoms. The number of hydrogen-bond donors (Lipinski definition) is 1. The van der Waals surface area contributed by atoms with E-state index in [-0.39, 0.29) is 11.8 Å². The number of rotatable bonds is 7. The number of nitrogens with two attached hydrogens (primary N) is 1. The van der Waals surface area contributed by atoms with Crippen molar-refractivity contribution >= 4 is 5.91 Å². The zero-order chi connectivity index (χ0) is 14.3. The summed E-state index contributed by atoms with van der Waals surface area (Å²) in [6, 6.07) is 7.89. The van der Waals surface area contributed by atoms with Gasteiger partial charge in [0.25, 0.3) is 0 Å². The van der Waals surface area contributed by atoms with Crippen LogP contribution >= 0.6 is 0 Å². The molecule has 0 aliphatic rings. The molecule has 0 spiro atoms. The van der Waals surface area contributed by atoms with Crippen LogP contribution in [0.25, 0.3) is 0 Å². The normalized spacial score (nSPS) is 12.0. The molecular weight excluding hydrogens is 240 g/mol. The molecule has 1 aromatic rings. The number of aryl methyl sites for hydroxylation is 1. The molecule has 1 aromatic carbocycles. The molecule has 0 heterocycles. The first-order chi connectivity index (χ1) is 9.04. The molecule has 1 amide bonds. The lowest BCUT2D eigenvalue weighted by Crippen LogP contribution is -2.35. The van der Waals surface area contributed by atoms with E-state index in [4.69, 9.17) is 10.5 Å². The van der Waals surface area contributed by atoms with Gasteiger partial charge in [-0.3, -0.25) is 4.79 Å². The fourth-order valence-electron chi connectivity index (χ4n) is 1.87. The maximum absolute atomic E-state index is 11.9. The third-order valence-corrected chi connectivity index (χ3v) is 3.08. The van der Waals surface area contributed by atoms with E-state index in [0.717, 1.165) is 12.2 Å². The van der Waals surface area contributed by atoms with Crippen LogP contribution in [0.5, 0.6) is 5.75 Å². The molecule has 1 atom stereocenters. The van der Waals surface area contributed by atoms with E-state index < -0.39 is 0 Å². The number of ether oxygens (including phenoxy) is 1. The van der Waals surface area contributed by atoms with Crippen LogP contribution in [0.1, 0.15) is 18.9 Å². The molecule has 4 nitrogen and oxygen atoms in total. The summed E-state index contributed by atoms with van der Waals surface area (Å²) in [7, 11) is 1.80. The molecular formula is C15H24N2O2. The highest BCUT2D eigenvalue weighted by Gasteiger charge is 2.16. The Morgan fingerprint density at radius 2 is 2.21 bits per heavy atom. The van der Waals surface area contributed by atoms with E-state index in [0.29, 0.717) is 19.7 Å². The smallest absolute Gasteiger partial charge is 0.225 e. The fourth-order valence-corrected chi connectivity index (χ4v) is 1.87. The number of nitrogens with zero attached hydrogens (tertiary/aromatic N) is 1. The van der Waals surface area contributed by atoms with E-state index in [2.05, 4.69) is 0 Å². The van der Waals surface area contributed by atoms with E-state index in [1.165, 1.54) is 5.56 Å². The van der Waals surface area contributed by atoms with Gasteiger partial charge < -0.3 is 15.4 Å². The third-order valence-electron chi connectivity index (χ3n) is 3.08. The summed E-state index contributed by atoms with van der Waals surface area (Å²) in [6.07, 6.45) is 0.724. The first kappa shape index (κ1) is 15.5. The van der Waals surface area contributed by atoms with Crippen LogP contribution in [0.4, 0.5) is 0 Å². The number of benzene rings is 1. The second kappa shape index (κ2) is 7.79. The average molecular weight is 264 g/mol. The molecule has 2 N–H and O–H groups in total.